The molecule has 0 spiro atoms. The Kier molecular flexibility index (Phi) is 4.80. The SMILES string of the molecule is COC(=O)c1ccc(NS(=O)(=O)c2ccc(C(C)=O)cc2)cc1. The van der Waals surface area contributed by atoms with Gasteiger partial charge in [-0.1, -0.05) is 12.1 Å². The Hall–Kier alpha value is -2.67. The molecule has 7 heteroatoms. The lowest BCUT2D eigenvalue weighted by Gasteiger charge is -2.09. The van der Waals surface area contributed by atoms with E-state index in [1.165, 1.54) is 62.6 Å². The highest BCUT2D eigenvalue weighted by Gasteiger charge is 2.15. The van der Waals surface area contributed by atoms with Gasteiger partial charge in [0.2, 0.25) is 0 Å². The number of carbonyl (C=O) groups excluding carboxylic acids is 2. The van der Waals surface area contributed by atoms with Crippen molar-refractivity contribution in [3.05, 3.63) is 59.7 Å². The van der Waals surface area contributed by atoms with Gasteiger partial charge in [-0.2, -0.15) is 0 Å². The molecule has 0 aliphatic heterocycles. The lowest BCUT2D eigenvalue weighted by molar-refractivity contribution is 0.0600. The molecule has 0 saturated heterocycles. The lowest BCUT2D eigenvalue weighted by atomic mass is 10.2. The Balaban J connectivity index is 2.20. The van der Waals surface area contributed by atoms with Crippen LogP contribution in [0.4, 0.5) is 5.69 Å². The highest BCUT2D eigenvalue weighted by Crippen LogP contribution is 2.17. The van der Waals surface area contributed by atoms with Crippen molar-refractivity contribution >= 4 is 27.5 Å². The third-order valence-corrected chi connectivity index (χ3v) is 4.53. The van der Waals surface area contributed by atoms with E-state index in [4.69, 9.17) is 0 Å². The second kappa shape index (κ2) is 6.62. The van der Waals surface area contributed by atoms with Crippen LogP contribution in [0, 0.1) is 0 Å². The van der Waals surface area contributed by atoms with Gasteiger partial charge < -0.3 is 4.74 Å². The molecule has 0 unspecified atom stereocenters. The minimum Gasteiger partial charge on any atom is -0.465 e. The highest BCUT2D eigenvalue weighted by atomic mass is 32.2. The molecule has 2 rings (SSSR count). The number of hydrogen-bond acceptors (Lipinski definition) is 5. The van der Waals surface area contributed by atoms with E-state index in [0.29, 0.717) is 16.8 Å². The number of nitrogens with one attached hydrogen (secondary N) is 1. The van der Waals surface area contributed by atoms with E-state index < -0.39 is 16.0 Å². The van der Waals surface area contributed by atoms with Gasteiger partial charge in [0, 0.05) is 11.3 Å². The molecule has 0 saturated carbocycles. The summed E-state index contributed by atoms with van der Waals surface area (Å²) in [7, 11) is -2.50. The molecule has 0 aliphatic rings. The van der Waals surface area contributed by atoms with Crippen molar-refractivity contribution in [2.75, 3.05) is 11.8 Å². The smallest absolute Gasteiger partial charge is 0.337 e. The topological polar surface area (TPSA) is 89.5 Å². The molecular formula is C16H15NO5S. The van der Waals surface area contributed by atoms with Crippen molar-refractivity contribution < 1.29 is 22.7 Å². The van der Waals surface area contributed by atoms with Gasteiger partial charge in [-0.3, -0.25) is 9.52 Å². The predicted octanol–water partition coefficient (Wildman–Crippen LogP) is 2.48. The second-order valence-electron chi connectivity index (χ2n) is 4.75. The van der Waals surface area contributed by atoms with E-state index in [-0.39, 0.29) is 10.7 Å². The minimum atomic E-state index is -3.77. The maximum Gasteiger partial charge on any atom is 0.337 e. The second-order valence-corrected chi connectivity index (χ2v) is 6.44. The molecule has 0 aliphatic carbocycles. The first kappa shape index (κ1) is 16.7. The van der Waals surface area contributed by atoms with Crippen molar-refractivity contribution in [3.63, 3.8) is 0 Å². The number of sulfonamides is 1. The average molecular weight is 333 g/mol. The van der Waals surface area contributed by atoms with Gasteiger partial charge in [0.25, 0.3) is 10.0 Å². The van der Waals surface area contributed by atoms with Gasteiger partial charge in [-0.15, -0.1) is 0 Å². The largest absolute Gasteiger partial charge is 0.465 e. The minimum absolute atomic E-state index is 0.0412. The number of esters is 1. The number of anilines is 1. The summed E-state index contributed by atoms with van der Waals surface area (Å²) in [6.07, 6.45) is 0. The van der Waals surface area contributed by atoms with Gasteiger partial charge in [-0.25, -0.2) is 13.2 Å². The maximum absolute atomic E-state index is 12.3. The molecule has 6 nitrogen and oxygen atoms in total. The number of benzene rings is 2. The van der Waals surface area contributed by atoms with Crippen LogP contribution in [0.5, 0.6) is 0 Å². The van der Waals surface area contributed by atoms with Crippen molar-refractivity contribution in [2.24, 2.45) is 0 Å². The van der Waals surface area contributed by atoms with Crippen molar-refractivity contribution in [2.45, 2.75) is 11.8 Å². The van der Waals surface area contributed by atoms with Crippen LogP contribution >= 0.6 is 0 Å². The molecule has 0 fully saturated rings. The molecule has 120 valence electrons. The number of ether oxygens (including phenoxy) is 1. The van der Waals surface area contributed by atoms with Crippen LogP contribution in [0.15, 0.2) is 53.4 Å². The Bertz CT molecular complexity index is 824. The van der Waals surface area contributed by atoms with Crippen LogP contribution in [-0.2, 0) is 14.8 Å². The van der Waals surface area contributed by atoms with Crippen LogP contribution in [0.25, 0.3) is 0 Å². The molecule has 23 heavy (non-hydrogen) atoms. The molecule has 0 radical (unpaired) electrons. The van der Waals surface area contributed by atoms with Crippen molar-refractivity contribution in [3.8, 4) is 0 Å². The van der Waals surface area contributed by atoms with Gasteiger partial charge in [0.1, 0.15) is 0 Å². The quantitative estimate of drug-likeness (QED) is 0.670. The van der Waals surface area contributed by atoms with Crippen LogP contribution < -0.4 is 4.72 Å². The van der Waals surface area contributed by atoms with E-state index in [1.54, 1.807) is 0 Å². The summed E-state index contributed by atoms with van der Waals surface area (Å²) in [6, 6.07) is 11.5. The fourth-order valence-corrected chi connectivity index (χ4v) is 2.93. The summed E-state index contributed by atoms with van der Waals surface area (Å²) < 4.78 is 31.5. The number of methoxy groups -OCH3 is 1. The van der Waals surface area contributed by atoms with Gasteiger partial charge >= 0.3 is 5.97 Å². The van der Waals surface area contributed by atoms with E-state index in [9.17, 15) is 18.0 Å². The Morgan fingerprint density at radius 2 is 1.43 bits per heavy atom. The zero-order chi connectivity index (χ0) is 17.0. The van der Waals surface area contributed by atoms with Crippen LogP contribution in [0.1, 0.15) is 27.6 Å². The van der Waals surface area contributed by atoms with Gasteiger partial charge in [0.15, 0.2) is 5.78 Å². The van der Waals surface area contributed by atoms with E-state index in [1.807, 2.05) is 0 Å². The Labute approximate surface area is 134 Å². The normalized spacial score (nSPS) is 10.9. The van der Waals surface area contributed by atoms with Gasteiger partial charge in [-0.05, 0) is 43.3 Å². The van der Waals surface area contributed by atoms with E-state index in [2.05, 4.69) is 9.46 Å². The Morgan fingerprint density at radius 1 is 0.913 bits per heavy atom. The zero-order valence-corrected chi connectivity index (χ0v) is 13.4. The number of Topliss-reactive ketones (excluding diaryl/α,β-unsaturated/α-hetero) is 1. The molecule has 0 amide bonds. The fourth-order valence-electron chi connectivity index (χ4n) is 1.88. The fraction of sp³-hybridized carbons (Fsp3) is 0.125. The van der Waals surface area contributed by atoms with Crippen molar-refractivity contribution in [1.82, 2.24) is 0 Å². The molecule has 0 bridgehead atoms. The molecule has 0 aromatic heterocycles. The Morgan fingerprint density at radius 3 is 1.91 bits per heavy atom. The van der Waals surface area contributed by atoms with E-state index in [0.717, 1.165) is 0 Å². The molecule has 2 aromatic rings. The monoisotopic (exact) mass is 333 g/mol. The van der Waals surface area contributed by atoms with Crippen LogP contribution in [-0.4, -0.2) is 27.3 Å². The lowest BCUT2D eigenvalue weighted by Crippen LogP contribution is -2.13. The first-order valence-electron chi connectivity index (χ1n) is 6.65. The zero-order valence-electron chi connectivity index (χ0n) is 12.6. The summed E-state index contributed by atoms with van der Waals surface area (Å²) in [5, 5.41) is 0. The summed E-state index contributed by atoms with van der Waals surface area (Å²) in [4.78, 5) is 22.6. The summed E-state index contributed by atoms with van der Waals surface area (Å²) in [6.45, 7) is 1.41. The summed E-state index contributed by atoms with van der Waals surface area (Å²) in [5.74, 6) is -0.639. The first-order valence-corrected chi connectivity index (χ1v) is 8.14. The van der Waals surface area contributed by atoms with Crippen LogP contribution in [0.2, 0.25) is 0 Å². The van der Waals surface area contributed by atoms with Crippen molar-refractivity contribution in [1.29, 1.82) is 0 Å². The maximum atomic E-state index is 12.3. The molecular weight excluding hydrogens is 318 g/mol. The summed E-state index contributed by atoms with van der Waals surface area (Å²) in [5.41, 5.74) is 1.07. The summed E-state index contributed by atoms with van der Waals surface area (Å²) >= 11 is 0. The standard InChI is InChI=1S/C16H15NO5S/c1-11(18)12-5-9-15(10-6-12)23(20,21)17-14-7-3-13(4-8-14)16(19)22-2/h3-10,17H,1-2H3. The third-order valence-electron chi connectivity index (χ3n) is 3.13. The number of hydrogen-bond donors (Lipinski definition) is 1. The number of ketones is 1. The predicted molar refractivity (Wildman–Crippen MR) is 85.0 cm³/mol. The molecule has 2 aromatic carbocycles. The van der Waals surface area contributed by atoms with Gasteiger partial charge in [0.05, 0.1) is 17.6 Å². The van der Waals surface area contributed by atoms with Crippen LogP contribution in [0.3, 0.4) is 0 Å². The first-order chi connectivity index (χ1) is 10.8. The third kappa shape index (κ3) is 3.95. The molecule has 0 heterocycles. The number of rotatable bonds is 5. The molecule has 1 N–H and O–H groups in total. The van der Waals surface area contributed by atoms with E-state index >= 15 is 0 Å². The highest BCUT2D eigenvalue weighted by molar-refractivity contribution is 7.92. The molecule has 0 atom stereocenters. The average Bonchev–Trinajstić information content (AvgIpc) is 2.54. The number of carbonyl (C=O) groups is 2.